The number of nitrogens with zero attached hydrogens (tertiary/aromatic N) is 2. The lowest BCUT2D eigenvalue weighted by Crippen LogP contribution is -2.52. The SMILES string of the molecule is CCCNC1CCCCC1N1CCC(N2CCCC2)C1. The molecule has 0 radical (unpaired) electrons. The van der Waals surface area contributed by atoms with Crippen molar-refractivity contribution in [3.8, 4) is 0 Å². The van der Waals surface area contributed by atoms with Gasteiger partial charge in [-0.15, -0.1) is 0 Å². The van der Waals surface area contributed by atoms with Gasteiger partial charge >= 0.3 is 0 Å². The second kappa shape index (κ2) is 7.24. The number of hydrogen-bond acceptors (Lipinski definition) is 3. The molecule has 0 amide bonds. The van der Waals surface area contributed by atoms with Crippen molar-refractivity contribution in [1.29, 1.82) is 0 Å². The summed E-state index contributed by atoms with van der Waals surface area (Å²) >= 11 is 0. The lowest BCUT2D eigenvalue weighted by molar-refractivity contribution is 0.135. The molecular formula is C17H33N3. The van der Waals surface area contributed by atoms with Crippen LogP contribution in [0.1, 0.15) is 58.3 Å². The summed E-state index contributed by atoms with van der Waals surface area (Å²) in [5, 5.41) is 3.83. The minimum Gasteiger partial charge on any atom is -0.312 e. The van der Waals surface area contributed by atoms with Gasteiger partial charge in [0.05, 0.1) is 0 Å². The quantitative estimate of drug-likeness (QED) is 0.834. The lowest BCUT2D eigenvalue weighted by atomic mass is 9.89. The maximum atomic E-state index is 3.83. The highest BCUT2D eigenvalue weighted by Crippen LogP contribution is 2.28. The molecule has 0 spiro atoms. The normalized spacial score (nSPS) is 36.8. The van der Waals surface area contributed by atoms with E-state index in [1.54, 1.807) is 0 Å². The van der Waals surface area contributed by atoms with Crippen molar-refractivity contribution < 1.29 is 0 Å². The fourth-order valence-corrected chi connectivity index (χ4v) is 4.59. The molecule has 3 fully saturated rings. The third kappa shape index (κ3) is 3.37. The van der Waals surface area contributed by atoms with Gasteiger partial charge in [-0.3, -0.25) is 9.80 Å². The van der Waals surface area contributed by atoms with Crippen LogP contribution in [0.25, 0.3) is 0 Å². The van der Waals surface area contributed by atoms with E-state index in [2.05, 4.69) is 22.0 Å². The molecule has 0 aromatic heterocycles. The van der Waals surface area contributed by atoms with E-state index in [0.717, 1.165) is 18.1 Å². The molecule has 3 nitrogen and oxygen atoms in total. The van der Waals surface area contributed by atoms with Gasteiger partial charge < -0.3 is 5.32 Å². The highest BCUT2D eigenvalue weighted by atomic mass is 15.3. The second-order valence-electron chi connectivity index (χ2n) is 7.09. The molecule has 3 atom stereocenters. The predicted octanol–water partition coefficient (Wildman–Crippen LogP) is 2.47. The number of hydrogen-bond donors (Lipinski definition) is 1. The smallest absolute Gasteiger partial charge is 0.0250 e. The third-order valence-electron chi connectivity index (χ3n) is 5.71. The average Bonchev–Trinajstić information content (AvgIpc) is 3.15. The Balaban J connectivity index is 1.54. The summed E-state index contributed by atoms with van der Waals surface area (Å²) in [6.45, 7) is 8.89. The highest BCUT2D eigenvalue weighted by molar-refractivity contribution is 4.94. The number of likely N-dealkylation sites (tertiary alicyclic amines) is 2. The van der Waals surface area contributed by atoms with Crippen LogP contribution < -0.4 is 5.32 Å². The van der Waals surface area contributed by atoms with Crippen LogP contribution in [0.4, 0.5) is 0 Å². The van der Waals surface area contributed by atoms with E-state index in [9.17, 15) is 0 Å². The first kappa shape index (κ1) is 14.8. The molecule has 2 aliphatic heterocycles. The van der Waals surface area contributed by atoms with Crippen molar-refractivity contribution in [2.24, 2.45) is 0 Å². The van der Waals surface area contributed by atoms with Crippen molar-refractivity contribution in [1.82, 2.24) is 15.1 Å². The van der Waals surface area contributed by atoms with Crippen molar-refractivity contribution in [3.63, 3.8) is 0 Å². The Morgan fingerprint density at radius 1 is 0.900 bits per heavy atom. The van der Waals surface area contributed by atoms with Gasteiger partial charge in [-0.05, 0) is 58.2 Å². The van der Waals surface area contributed by atoms with E-state index < -0.39 is 0 Å². The molecule has 0 aromatic carbocycles. The Morgan fingerprint density at radius 3 is 2.50 bits per heavy atom. The first-order chi connectivity index (χ1) is 9.88. The zero-order valence-electron chi connectivity index (χ0n) is 13.3. The molecule has 1 saturated carbocycles. The molecule has 3 unspecified atom stereocenters. The van der Waals surface area contributed by atoms with Crippen LogP contribution in [-0.2, 0) is 0 Å². The first-order valence-electron chi connectivity index (χ1n) is 9.10. The van der Waals surface area contributed by atoms with E-state index >= 15 is 0 Å². The number of rotatable bonds is 5. The Morgan fingerprint density at radius 2 is 1.70 bits per heavy atom. The molecule has 0 bridgehead atoms. The van der Waals surface area contributed by atoms with Crippen LogP contribution in [0.15, 0.2) is 0 Å². The Hall–Kier alpha value is -0.120. The maximum absolute atomic E-state index is 3.83. The summed E-state index contributed by atoms with van der Waals surface area (Å²) in [6, 6.07) is 2.45. The largest absolute Gasteiger partial charge is 0.312 e. The molecule has 1 N–H and O–H groups in total. The molecule has 116 valence electrons. The van der Waals surface area contributed by atoms with Gasteiger partial charge in [0.2, 0.25) is 0 Å². The standard InChI is InChI=1S/C17H33N3/c1-2-10-18-16-7-3-4-8-17(16)20-13-9-15(14-20)19-11-5-6-12-19/h15-18H,2-14H2,1H3. The minimum atomic E-state index is 0.765. The Bertz CT molecular complexity index is 288. The van der Waals surface area contributed by atoms with Crippen molar-refractivity contribution in [2.75, 3.05) is 32.7 Å². The minimum absolute atomic E-state index is 0.765. The van der Waals surface area contributed by atoms with Gasteiger partial charge in [-0.2, -0.15) is 0 Å². The fourth-order valence-electron chi connectivity index (χ4n) is 4.59. The molecule has 3 rings (SSSR count). The molecular weight excluding hydrogens is 246 g/mol. The monoisotopic (exact) mass is 279 g/mol. The molecule has 3 aliphatic rings. The Labute approximate surface area is 125 Å². The van der Waals surface area contributed by atoms with E-state index in [0.29, 0.717) is 0 Å². The van der Waals surface area contributed by atoms with Gasteiger partial charge in [-0.1, -0.05) is 19.8 Å². The summed E-state index contributed by atoms with van der Waals surface area (Å²) in [6.07, 6.45) is 11.2. The summed E-state index contributed by atoms with van der Waals surface area (Å²) < 4.78 is 0. The highest BCUT2D eigenvalue weighted by Gasteiger charge is 2.36. The molecule has 2 saturated heterocycles. The topological polar surface area (TPSA) is 18.5 Å². The van der Waals surface area contributed by atoms with E-state index in [1.807, 2.05) is 0 Å². The van der Waals surface area contributed by atoms with E-state index in [-0.39, 0.29) is 0 Å². The van der Waals surface area contributed by atoms with Crippen LogP contribution in [0.5, 0.6) is 0 Å². The third-order valence-corrected chi connectivity index (χ3v) is 5.71. The summed E-state index contributed by atoms with van der Waals surface area (Å²) in [5.74, 6) is 0. The first-order valence-corrected chi connectivity index (χ1v) is 9.10. The molecule has 0 aromatic rings. The van der Waals surface area contributed by atoms with Gasteiger partial charge in [0.25, 0.3) is 0 Å². The van der Waals surface area contributed by atoms with Gasteiger partial charge in [-0.25, -0.2) is 0 Å². The van der Waals surface area contributed by atoms with Crippen molar-refractivity contribution in [3.05, 3.63) is 0 Å². The number of nitrogens with one attached hydrogen (secondary N) is 1. The van der Waals surface area contributed by atoms with Crippen molar-refractivity contribution >= 4 is 0 Å². The lowest BCUT2D eigenvalue weighted by Gasteiger charge is -2.39. The van der Waals surface area contributed by atoms with Crippen LogP contribution in [0, 0.1) is 0 Å². The Kier molecular flexibility index (Phi) is 5.36. The summed E-state index contributed by atoms with van der Waals surface area (Å²) in [4.78, 5) is 5.59. The molecule has 1 aliphatic carbocycles. The van der Waals surface area contributed by atoms with Crippen LogP contribution in [-0.4, -0.2) is 60.6 Å². The average molecular weight is 279 g/mol. The zero-order chi connectivity index (χ0) is 13.8. The van der Waals surface area contributed by atoms with Crippen LogP contribution in [0.2, 0.25) is 0 Å². The molecule has 20 heavy (non-hydrogen) atoms. The molecule has 2 heterocycles. The van der Waals surface area contributed by atoms with Crippen molar-refractivity contribution in [2.45, 2.75) is 76.4 Å². The van der Waals surface area contributed by atoms with Gasteiger partial charge in [0, 0.05) is 31.2 Å². The van der Waals surface area contributed by atoms with Gasteiger partial charge in [0.15, 0.2) is 0 Å². The predicted molar refractivity (Wildman–Crippen MR) is 85.1 cm³/mol. The summed E-state index contributed by atoms with van der Waals surface area (Å²) in [7, 11) is 0. The maximum Gasteiger partial charge on any atom is 0.0250 e. The second-order valence-corrected chi connectivity index (χ2v) is 7.09. The fraction of sp³-hybridized carbons (Fsp3) is 1.00. The van der Waals surface area contributed by atoms with Gasteiger partial charge in [0.1, 0.15) is 0 Å². The van der Waals surface area contributed by atoms with Crippen LogP contribution >= 0.6 is 0 Å². The summed E-state index contributed by atoms with van der Waals surface area (Å²) in [5.41, 5.74) is 0. The van der Waals surface area contributed by atoms with E-state index in [1.165, 1.54) is 84.1 Å². The zero-order valence-corrected chi connectivity index (χ0v) is 13.3. The molecule has 3 heteroatoms. The van der Waals surface area contributed by atoms with E-state index in [4.69, 9.17) is 0 Å². The van der Waals surface area contributed by atoms with Crippen LogP contribution in [0.3, 0.4) is 0 Å².